The van der Waals surface area contributed by atoms with Crippen LogP contribution in [0, 0.1) is 0 Å². The van der Waals surface area contributed by atoms with E-state index in [-0.39, 0.29) is 20.9 Å². The van der Waals surface area contributed by atoms with Gasteiger partial charge in [-0.05, 0) is 40.2 Å². The molecule has 1 amide bonds. The third-order valence-corrected chi connectivity index (χ3v) is 3.25. The van der Waals surface area contributed by atoms with Crippen molar-refractivity contribution in [2.75, 3.05) is 5.32 Å². The zero-order chi connectivity index (χ0) is 14.9. The summed E-state index contributed by atoms with van der Waals surface area (Å²) in [7, 11) is 0. The molecule has 0 bridgehead atoms. The summed E-state index contributed by atoms with van der Waals surface area (Å²) >= 11 is 8.53. The number of amides is 1. The number of carbonyl (C=O) groups is 1. The molecule has 1 aromatic heterocycles. The second-order valence-electron chi connectivity index (χ2n) is 3.75. The van der Waals surface area contributed by atoms with E-state index in [1.165, 1.54) is 18.4 Å². The Bertz CT molecular complexity index is 654. The summed E-state index contributed by atoms with van der Waals surface area (Å²) in [5.41, 5.74) is -1.30. The fourth-order valence-corrected chi connectivity index (χ4v) is 2.10. The third-order valence-electron chi connectivity index (χ3n) is 2.40. The van der Waals surface area contributed by atoms with Crippen molar-refractivity contribution in [2.24, 2.45) is 0 Å². The summed E-state index contributed by atoms with van der Waals surface area (Å²) in [4.78, 5) is 11.9. The standard InChI is InChI=1S/C12H6BrClF3NO2/c13-10-7(3-4-20-10)11(19)18-9-2-1-6(14)5-8(9)12(15,16)17/h1-5H,(H,18,19). The monoisotopic (exact) mass is 367 g/mol. The van der Waals surface area contributed by atoms with E-state index >= 15 is 0 Å². The van der Waals surface area contributed by atoms with E-state index in [1.807, 2.05) is 0 Å². The second kappa shape index (κ2) is 5.49. The molecule has 0 aliphatic carbocycles. The van der Waals surface area contributed by atoms with Crippen LogP contribution in [0.15, 0.2) is 39.6 Å². The van der Waals surface area contributed by atoms with Crippen molar-refractivity contribution in [1.29, 1.82) is 0 Å². The van der Waals surface area contributed by atoms with Crippen molar-refractivity contribution in [3.8, 4) is 0 Å². The lowest BCUT2D eigenvalue weighted by atomic mass is 10.1. The molecule has 2 rings (SSSR count). The molecule has 0 fully saturated rings. The van der Waals surface area contributed by atoms with E-state index in [0.717, 1.165) is 12.1 Å². The first-order valence-electron chi connectivity index (χ1n) is 5.20. The Labute approximate surface area is 124 Å². The number of hydrogen-bond donors (Lipinski definition) is 1. The molecule has 0 aliphatic heterocycles. The summed E-state index contributed by atoms with van der Waals surface area (Å²) in [6, 6.07) is 4.44. The van der Waals surface area contributed by atoms with Gasteiger partial charge in [0.25, 0.3) is 5.91 Å². The number of hydrogen-bond acceptors (Lipinski definition) is 2. The number of nitrogens with one attached hydrogen (secondary N) is 1. The first kappa shape index (κ1) is 14.9. The Morgan fingerprint density at radius 3 is 2.55 bits per heavy atom. The smallest absolute Gasteiger partial charge is 0.418 e. The van der Waals surface area contributed by atoms with Crippen LogP contribution in [-0.4, -0.2) is 5.91 Å². The van der Waals surface area contributed by atoms with Crippen LogP contribution in [0.5, 0.6) is 0 Å². The molecule has 20 heavy (non-hydrogen) atoms. The Hall–Kier alpha value is -1.47. The third kappa shape index (κ3) is 3.16. The summed E-state index contributed by atoms with van der Waals surface area (Å²) < 4.78 is 43.6. The molecule has 0 unspecified atom stereocenters. The topological polar surface area (TPSA) is 42.2 Å². The number of benzene rings is 1. The average molecular weight is 369 g/mol. The molecule has 3 nitrogen and oxygen atoms in total. The molecule has 1 aromatic carbocycles. The Morgan fingerprint density at radius 2 is 2.00 bits per heavy atom. The Kier molecular flexibility index (Phi) is 4.10. The number of rotatable bonds is 2. The summed E-state index contributed by atoms with van der Waals surface area (Å²) in [5.74, 6) is -0.724. The van der Waals surface area contributed by atoms with Gasteiger partial charge in [0.15, 0.2) is 4.67 Å². The molecule has 0 spiro atoms. The van der Waals surface area contributed by atoms with E-state index in [1.54, 1.807) is 0 Å². The quantitative estimate of drug-likeness (QED) is 0.813. The van der Waals surface area contributed by atoms with Gasteiger partial charge >= 0.3 is 6.18 Å². The molecule has 2 aromatic rings. The van der Waals surface area contributed by atoms with Crippen molar-refractivity contribution in [3.63, 3.8) is 0 Å². The lowest BCUT2D eigenvalue weighted by Crippen LogP contribution is -2.16. The minimum Gasteiger partial charge on any atom is -0.457 e. The average Bonchev–Trinajstić information content (AvgIpc) is 2.76. The van der Waals surface area contributed by atoms with Gasteiger partial charge in [-0.3, -0.25) is 4.79 Å². The first-order chi connectivity index (χ1) is 9.29. The van der Waals surface area contributed by atoms with Crippen molar-refractivity contribution in [3.05, 3.63) is 51.3 Å². The minimum absolute atomic E-state index is 0.0696. The van der Waals surface area contributed by atoms with Gasteiger partial charge in [0.05, 0.1) is 23.1 Å². The Morgan fingerprint density at radius 1 is 1.30 bits per heavy atom. The van der Waals surface area contributed by atoms with Gasteiger partial charge in [-0.15, -0.1) is 0 Å². The van der Waals surface area contributed by atoms with E-state index in [9.17, 15) is 18.0 Å². The van der Waals surface area contributed by atoms with E-state index in [4.69, 9.17) is 16.0 Å². The largest absolute Gasteiger partial charge is 0.457 e. The lowest BCUT2D eigenvalue weighted by molar-refractivity contribution is -0.136. The maximum absolute atomic E-state index is 12.9. The summed E-state index contributed by atoms with van der Waals surface area (Å²) in [5, 5.41) is 2.11. The van der Waals surface area contributed by atoms with Crippen LogP contribution in [0.25, 0.3) is 0 Å². The highest BCUT2D eigenvalue weighted by molar-refractivity contribution is 9.10. The molecular weight excluding hydrogens is 362 g/mol. The van der Waals surface area contributed by atoms with Gasteiger partial charge in [-0.1, -0.05) is 11.6 Å². The highest BCUT2D eigenvalue weighted by atomic mass is 79.9. The van der Waals surface area contributed by atoms with Crippen LogP contribution in [0.1, 0.15) is 15.9 Å². The van der Waals surface area contributed by atoms with Crippen molar-refractivity contribution in [1.82, 2.24) is 0 Å². The number of halogens is 5. The minimum atomic E-state index is -4.62. The molecule has 0 aliphatic rings. The molecule has 0 atom stereocenters. The van der Waals surface area contributed by atoms with Gasteiger partial charge < -0.3 is 9.73 Å². The molecule has 0 radical (unpaired) electrons. The summed E-state index contributed by atoms with van der Waals surface area (Å²) in [6.45, 7) is 0. The van der Waals surface area contributed by atoms with Gasteiger partial charge in [0.1, 0.15) is 0 Å². The van der Waals surface area contributed by atoms with Crippen LogP contribution in [0.4, 0.5) is 18.9 Å². The number of carbonyl (C=O) groups excluding carboxylic acids is 1. The van der Waals surface area contributed by atoms with Gasteiger partial charge in [-0.25, -0.2) is 0 Å². The highest BCUT2D eigenvalue weighted by Crippen LogP contribution is 2.36. The molecule has 106 valence electrons. The maximum Gasteiger partial charge on any atom is 0.418 e. The van der Waals surface area contributed by atoms with Crippen molar-refractivity contribution >= 4 is 39.1 Å². The molecular formula is C12H6BrClF3NO2. The second-order valence-corrected chi connectivity index (χ2v) is 4.91. The molecule has 8 heteroatoms. The predicted molar refractivity (Wildman–Crippen MR) is 70.8 cm³/mol. The Balaban J connectivity index is 2.35. The molecule has 0 saturated heterocycles. The van der Waals surface area contributed by atoms with Gasteiger partial charge in [0.2, 0.25) is 0 Å². The van der Waals surface area contributed by atoms with E-state index in [2.05, 4.69) is 21.2 Å². The van der Waals surface area contributed by atoms with Crippen LogP contribution in [0.2, 0.25) is 5.02 Å². The number of furan rings is 1. The molecule has 1 heterocycles. The van der Waals surface area contributed by atoms with Crippen LogP contribution < -0.4 is 5.32 Å². The predicted octanol–water partition coefficient (Wildman–Crippen LogP) is 4.97. The maximum atomic E-state index is 12.9. The van der Waals surface area contributed by atoms with Crippen LogP contribution >= 0.6 is 27.5 Å². The lowest BCUT2D eigenvalue weighted by Gasteiger charge is -2.13. The van der Waals surface area contributed by atoms with Gasteiger partial charge in [0, 0.05) is 5.02 Å². The summed E-state index contributed by atoms with van der Waals surface area (Å²) in [6.07, 6.45) is -3.38. The normalized spacial score (nSPS) is 11.4. The highest BCUT2D eigenvalue weighted by Gasteiger charge is 2.34. The number of alkyl halides is 3. The fourth-order valence-electron chi connectivity index (χ4n) is 1.51. The van der Waals surface area contributed by atoms with Gasteiger partial charge in [-0.2, -0.15) is 13.2 Å². The number of anilines is 1. The zero-order valence-electron chi connectivity index (χ0n) is 9.59. The van der Waals surface area contributed by atoms with Crippen LogP contribution in [0.3, 0.4) is 0 Å². The van der Waals surface area contributed by atoms with Crippen LogP contribution in [-0.2, 0) is 6.18 Å². The molecule has 1 N–H and O–H groups in total. The van der Waals surface area contributed by atoms with E-state index in [0.29, 0.717) is 0 Å². The SMILES string of the molecule is O=C(Nc1ccc(Cl)cc1C(F)(F)F)c1ccoc1Br. The first-order valence-corrected chi connectivity index (χ1v) is 6.37. The van der Waals surface area contributed by atoms with Crippen molar-refractivity contribution < 1.29 is 22.4 Å². The zero-order valence-corrected chi connectivity index (χ0v) is 11.9. The van der Waals surface area contributed by atoms with E-state index < -0.39 is 17.6 Å². The van der Waals surface area contributed by atoms with Crippen molar-refractivity contribution in [2.45, 2.75) is 6.18 Å². The molecule has 0 saturated carbocycles. The fraction of sp³-hybridized carbons (Fsp3) is 0.0833.